The van der Waals surface area contributed by atoms with Gasteiger partial charge in [-0.25, -0.2) is 4.79 Å². The van der Waals surface area contributed by atoms with Crippen molar-refractivity contribution in [2.24, 2.45) is 0 Å². The van der Waals surface area contributed by atoms with Gasteiger partial charge in [0.15, 0.2) is 0 Å². The van der Waals surface area contributed by atoms with Gasteiger partial charge in [0.25, 0.3) is 5.91 Å². The van der Waals surface area contributed by atoms with Crippen LogP contribution in [-0.2, 0) is 0 Å². The quantitative estimate of drug-likeness (QED) is 0.812. The van der Waals surface area contributed by atoms with E-state index in [1.54, 1.807) is 6.92 Å². The van der Waals surface area contributed by atoms with Crippen LogP contribution in [0.4, 0.5) is 5.69 Å². The summed E-state index contributed by atoms with van der Waals surface area (Å²) in [5.74, 6) is -1.47. The maximum absolute atomic E-state index is 12.2. The predicted molar refractivity (Wildman–Crippen MR) is 79.2 cm³/mol. The van der Waals surface area contributed by atoms with Crippen molar-refractivity contribution in [2.45, 2.75) is 6.92 Å². The minimum atomic E-state index is -1.13. The van der Waals surface area contributed by atoms with Gasteiger partial charge in [-0.05, 0) is 48.9 Å². The molecule has 2 aromatic rings. The van der Waals surface area contributed by atoms with Crippen LogP contribution in [0, 0.1) is 6.92 Å². The fourth-order valence-corrected chi connectivity index (χ4v) is 2.12. The van der Waals surface area contributed by atoms with E-state index < -0.39 is 11.9 Å². The molecule has 2 aromatic carbocycles. The lowest BCUT2D eigenvalue weighted by Crippen LogP contribution is -2.13. The first-order valence-electron chi connectivity index (χ1n) is 6.01. The highest BCUT2D eigenvalue weighted by atomic mass is 35.5. The Kier molecular flexibility index (Phi) is 4.14. The second-order valence-electron chi connectivity index (χ2n) is 4.49. The van der Waals surface area contributed by atoms with E-state index in [4.69, 9.17) is 16.7 Å². The summed E-state index contributed by atoms with van der Waals surface area (Å²) >= 11 is 5.83. The molecule has 0 aliphatic rings. The average molecular weight is 306 g/mol. The van der Waals surface area contributed by atoms with E-state index in [-0.39, 0.29) is 22.0 Å². The molecule has 3 N–H and O–H groups in total. The van der Waals surface area contributed by atoms with Gasteiger partial charge in [-0.3, -0.25) is 4.79 Å². The third-order valence-corrected chi connectivity index (χ3v) is 3.08. The molecule has 5 nitrogen and oxygen atoms in total. The molecule has 0 unspecified atom stereocenters. The molecular formula is C15H12ClNO4. The molecule has 21 heavy (non-hydrogen) atoms. The van der Waals surface area contributed by atoms with Crippen molar-refractivity contribution < 1.29 is 19.8 Å². The number of carbonyl (C=O) groups is 2. The maximum atomic E-state index is 12.2. The number of halogens is 1. The van der Waals surface area contributed by atoms with Crippen molar-refractivity contribution in [3.63, 3.8) is 0 Å². The number of benzene rings is 2. The normalized spacial score (nSPS) is 10.2. The minimum Gasteiger partial charge on any atom is -0.508 e. The van der Waals surface area contributed by atoms with E-state index in [1.807, 2.05) is 0 Å². The molecule has 2 rings (SSSR count). The molecule has 0 aliphatic carbocycles. The molecule has 6 heteroatoms. The smallest absolute Gasteiger partial charge is 0.335 e. The molecule has 0 aromatic heterocycles. The number of aromatic carboxylic acids is 1. The van der Waals surface area contributed by atoms with Crippen LogP contribution in [0.25, 0.3) is 0 Å². The van der Waals surface area contributed by atoms with E-state index in [9.17, 15) is 14.7 Å². The molecule has 0 heterocycles. The summed E-state index contributed by atoms with van der Waals surface area (Å²) in [6.07, 6.45) is 0. The van der Waals surface area contributed by atoms with Gasteiger partial charge in [0, 0.05) is 16.3 Å². The Bertz CT molecular complexity index is 728. The van der Waals surface area contributed by atoms with Gasteiger partial charge >= 0.3 is 5.97 Å². The lowest BCUT2D eigenvalue weighted by atomic mass is 10.1. The van der Waals surface area contributed by atoms with Crippen LogP contribution in [0.3, 0.4) is 0 Å². The Morgan fingerprint density at radius 1 is 1.14 bits per heavy atom. The number of anilines is 1. The summed E-state index contributed by atoms with van der Waals surface area (Å²) in [6.45, 7) is 1.69. The number of nitrogens with one attached hydrogen (secondary N) is 1. The summed E-state index contributed by atoms with van der Waals surface area (Å²) in [5.41, 5.74) is 1.26. The lowest BCUT2D eigenvalue weighted by Gasteiger charge is -2.09. The monoisotopic (exact) mass is 305 g/mol. The van der Waals surface area contributed by atoms with Crippen molar-refractivity contribution in [3.05, 3.63) is 58.1 Å². The molecule has 0 fully saturated rings. The van der Waals surface area contributed by atoms with Gasteiger partial charge < -0.3 is 15.5 Å². The average Bonchev–Trinajstić information content (AvgIpc) is 2.37. The summed E-state index contributed by atoms with van der Waals surface area (Å²) in [7, 11) is 0. The second-order valence-corrected chi connectivity index (χ2v) is 4.92. The molecule has 0 radical (unpaired) electrons. The Morgan fingerprint density at radius 2 is 1.86 bits per heavy atom. The van der Waals surface area contributed by atoms with Crippen molar-refractivity contribution >= 4 is 29.2 Å². The Hall–Kier alpha value is -2.53. The van der Waals surface area contributed by atoms with Crippen LogP contribution in [0.15, 0.2) is 36.4 Å². The molecule has 0 spiro atoms. The molecule has 108 valence electrons. The molecular weight excluding hydrogens is 294 g/mol. The van der Waals surface area contributed by atoms with Gasteiger partial charge in [-0.15, -0.1) is 0 Å². The summed E-state index contributed by atoms with van der Waals surface area (Å²) in [5, 5.41) is 21.1. The highest BCUT2D eigenvalue weighted by molar-refractivity contribution is 6.31. The number of carbonyl (C=O) groups excluding carboxylic acids is 1. The number of aromatic hydroxyl groups is 1. The van der Waals surface area contributed by atoms with E-state index >= 15 is 0 Å². The van der Waals surface area contributed by atoms with E-state index in [1.165, 1.54) is 36.4 Å². The van der Waals surface area contributed by atoms with Gasteiger partial charge in [-0.2, -0.15) is 0 Å². The number of amides is 1. The van der Waals surface area contributed by atoms with Crippen LogP contribution in [0.2, 0.25) is 5.02 Å². The van der Waals surface area contributed by atoms with Crippen LogP contribution in [-0.4, -0.2) is 22.1 Å². The molecule has 0 saturated carbocycles. The van der Waals surface area contributed by atoms with Gasteiger partial charge in [0.2, 0.25) is 0 Å². The first-order valence-corrected chi connectivity index (χ1v) is 6.39. The largest absolute Gasteiger partial charge is 0.508 e. The number of phenolic OH excluding ortho intramolecular Hbond substituents is 1. The number of aryl methyl sites for hydroxylation is 1. The summed E-state index contributed by atoms with van der Waals surface area (Å²) < 4.78 is 0. The van der Waals surface area contributed by atoms with Gasteiger partial charge in [0.1, 0.15) is 5.75 Å². The highest BCUT2D eigenvalue weighted by Gasteiger charge is 2.12. The number of carboxylic acid groups (broad SMARTS) is 1. The van der Waals surface area contributed by atoms with E-state index in [2.05, 4.69) is 5.32 Å². The number of hydrogen-bond acceptors (Lipinski definition) is 3. The number of hydrogen-bond donors (Lipinski definition) is 3. The topological polar surface area (TPSA) is 86.6 Å². The SMILES string of the molecule is Cc1cc(O)ccc1C(=O)Nc1cc(Cl)cc(C(=O)O)c1. The third kappa shape index (κ3) is 3.52. The van der Waals surface area contributed by atoms with Crippen molar-refractivity contribution in [3.8, 4) is 5.75 Å². The maximum Gasteiger partial charge on any atom is 0.335 e. The third-order valence-electron chi connectivity index (χ3n) is 2.86. The van der Waals surface area contributed by atoms with Crippen molar-refractivity contribution in [1.29, 1.82) is 0 Å². The van der Waals surface area contributed by atoms with E-state index in [0.717, 1.165) is 0 Å². The Morgan fingerprint density at radius 3 is 2.48 bits per heavy atom. The molecule has 0 atom stereocenters. The fourth-order valence-electron chi connectivity index (χ4n) is 1.89. The standard InChI is InChI=1S/C15H12ClNO4/c1-8-4-12(18)2-3-13(8)14(19)17-11-6-9(15(20)21)5-10(16)7-11/h2-7,18H,1H3,(H,17,19)(H,20,21). The van der Waals surface area contributed by atoms with Crippen LogP contribution < -0.4 is 5.32 Å². The molecule has 0 aliphatic heterocycles. The fraction of sp³-hybridized carbons (Fsp3) is 0.0667. The van der Waals surface area contributed by atoms with Crippen LogP contribution >= 0.6 is 11.6 Å². The summed E-state index contributed by atoms with van der Waals surface area (Å²) in [6, 6.07) is 8.44. The van der Waals surface area contributed by atoms with Crippen LogP contribution in [0.1, 0.15) is 26.3 Å². The number of rotatable bonds is 3. The first-order chi connectivity index (χ1) is 9.86. The lowest BCUT2D eigenvalue weighted by molar-refractivity contribution is 0.0696. The summed E-state index contributed by atoms with van der Waals surface area (Å²) in [4.78, 5) is 23.1. The van der Waals surface area contributed by atoms with Crippen LogP contribution in [0.5, 0.6) is 5.75 Å². The molecule has 1 amide bonds. The van der Waals surface area contributed by atoms with Crippen molar-refractivity contribution in [1.82, 2.24) is 0 Å². The first kappa shape index (κ1) is 14.9. The Balaban J connectivity index is 2.29. The number of carboxylic acids is 1. The highest BCUT2D eigenvalue weighted by Crippen LogP contribution is 2.21. The predicted octanol–water partition coefficient (Wildman–Crippen LogP) is 3.30. The van der Waals surface area contributed by atoms with Crippen molar-refractivity contribution in [2.75, 3.05) is 5.32 Å². The zero-order chi connectivity index (χ0) is 15.6. The van der Waals surface area contributed by atoms with E-state index in [0.29, 0.717) is 11.1 Å². The second kappa shape index (κ2) is 5.85. The zero-order valence-corrected chi connectivity index (χ0v) is 11.8. The molecule has 0 bridgehead atoms. The van der Waals surface area contributed by atoms with Gasteiger partial charge in [0.05, 0.1) is 5.56 Å². The Labute approximate surface area is 125 Å². The minimum absolute atomic E-state index is 0.0137. The molecule has 0 saturated heterocycles. The van der Waals surface area contributed by atoms with Gasteiger partial charge in [-0.1, -0.05) is 11.6 Å². The number of phenols is 1. The zero-order valence-electron chi connectivity index (χ0n) is 11.1.